The molecule has 0 aliphatic carbocycles. The van der Waals surface area contributed by atoms with E-state index in [-0.39, 0.29) is 25.3 Å². The molecule has 5 rings (SSSR count). The van der Waals surface area contributed by atoms with E-state index in [0.717, 1.165) is 16.5 Å². The van der Waals surface area contributed by atoms with Crippen molar-refractivity contribution in [2.75, 3.05) is 4.90 Å². The van der Waals surface area contributed by atoms with Gasteiger partial charge in [0.05, 0.1) is 0 Å². The van der Waals surface area contributed by atoms with Gasteiger partial charge in [-0.3, -0.25) is 0 Å². The molecule has 0 N–H and O–H groups in total. The summed E-state index contributed by atoms with van der Waals surface area (Å²) in [7, 11) is 0. The van der Waals surface area contributed by atoms with Crippen molar-refractivity contribution in [2.45, 2.75) is 38.5 Å². The van der Waals surface area contributed by atoms with Gasteiger partial charge in [-0.05, 0) is 0 Å². The minimum atomic E-state index is -0.119. The normalized spacial score (nSPS) is 17.9. The molecule has 2 aromatic heterocycles. The quantitative estimate of drug-likeness (QED) is 0.433. The van der Waals surface area contributed by atoms with Crippen LogP contribution >= 0.6 is 0 Å². The molecule has 3 nitrogen and oxygen atoms in total. The van der Waals surface area contributed by atoms with Crippen molar-refractivity contribution in [3.63, 3.8) is 0 Å². The van der Waals surface area contributed by atoms with Crippen LogP contribution in [0.3, 0.4) is 0 Å². The summed E-state index contributed by atoms with van der Waals surface area (Å²) in [6, 6.07) is 13.0. The van der Waals surface area contributed by atoms with E-state index in [2.05, 4.69) is 62.9 Å². The Morgan fingerprint density at radius 1 is 0.962 bits per heavy atom. The number of para-hydroxylation sites is 1. The van der Waals surface area contributed by atoms with E-state index in [0.29, 0.717) is 0 Å². The predicted octanol–water partition coefficient (Wildman–Crippen LogP) is 4.70. The fourth-order valence-electron chi connectivity index (χ4n) is 4.52. The van der Waals surface area contributed by atoms with Crippen molar-refractivity contribution in [1.82, 2.24) is 4.98 Å². The first-order chi connectivity index (χ1) is 12.4. The topological polar surface area (TPSA) is 33.2 Å². The van der Waals surface area contributed by atoms with Crippen LogP contribution in [0.5, 0.6) is 0 Å². The van der Waals surface area contributed by atoms with Crippen LogP contribution in [0.25, 0.3) is 0 Å². The third-order valence-electron chi connectivity index (χ3n) is 6.00. The number of hydrogen-bond acceptors (Lipinski definition) is 3. The molecule has 2 aliphatic rings. The third-order valence-corrected chi connectivity index (χ3v) is 8.20. The second kappa shape index (κ2) is 4.97. The van der Waals surface area contributed by atoms with E-state index < -0.39 is 0 Å². The van der Waals surface area contributed by atoms with Crippen LogP contribution in [0, 0.1) is 0 Å². The number of benzene rings is 1. The number of aldehydes is 1. The van der Waals surface area contributed by atoms with Gasteiger partial charge in [-0.2, -0.15) is 0 Å². The molecule has 0 fully saturated rings. The molecule has 0 spiro atoms. The first kappa shape index (κ1) is 16.0. The zero-order valence-electron chi connectivity index (χ0n) is 15.3. The maximum absolute atomic E-state index is 11.5. The molecule has 0 amide bonds. The second-order valence-electron chi connectivity index (χ2n) is 8.15. The molecule has 3 aromatic rings. The van der Waals surface area contributed by atoms with E-state index in [4.69, 9.17) is 4.98 Å². The second-order valence-corrected chi connectivity index (χ2v) is 10.4. The Hall–Kier alpha value is -2.16. The van der Waals surface area contributed by atoms with Crippen LogP contribution in [0.15, 0.2) is 42.6 Å². The monoisotopic (exact) mass is 408 g/mol. The maximum atomic E-state index is 11.5. The van der Waals surface area contributed by atoms with Gasteiger partial charge in [-0.15, -0.1) is 0 Å². The average molecular weight is 407 g/mol. The predicted molar refractivity (Wildman–Crippen MR) is 106 cm³/mol. The number of carbonyl (C=O) groups excluding carboxylic acids is 1. The molecule has 2 aliphatic heterocycles. The summed E-state index contributed by atoms with van der Waals surface area (Å²) in [5.41, 5.74) is 6.21. The molecule has 4 heterocycles. The molecule has 0 unspecified atom stereocenters. The number of aromatic nitrogens is 1. The molecule has 0 atom stereocenters. The van der Waals surface area contributed by atoms with Gasteiger partial charge in [0.15, 0.2) is 0 Å². The Morgan fingerprint density at radius 3 is 2.31 bits per heavy atom. The first-order valence-corrected chi connectivity index (χ1v) is 10.6. The van der Waals surface area contributed by atoms with Gasteiger partial charge in [0.1, 0.15) is 0 Å². The molecular formula is C22H20N2OSe. The molecular weight excluding hydrogens is 387 g/mol. The van der Waals surface area contributed by atoms with Gasteiger partial charge < -0.3 is 0 Å². The van der Waals surface area contributed by atoms with Crippen molar-refractivity contribution in [3.05, 3.63) is 69.3 Å². The molecule has 0 radical (unpaired) electrons. The van der Waals surface area contributed by atoms with Crippen LogP contribution in [0.1, 0.15) is 59.2 Å². The summed E-state index contributed by atoms with van der Waals surface area (Å²) in [5.74, 6) is 1.02. The van der Waals surface area contributed by atoms with Gasteiger partial charge in [0.25, 0.3) is 0 Å². The van der Waals surface area contributed by atoms with E-state index in [1.165, 1.54) is 32.5 Å². The molecule has 130 valence electrons. The van der Waals surface area contributed by atoms with Crippen molar-refractivity contribution in [2.24, 2.45) is 0 Å². The SMILES string of the molecule is CC1(C)c2cccnc2N2c3[se]c(C=O)cc3C(C)(C)c3cccc1c32. The van der Waals surface area contributed by atoms with Crippen LogP contribution in [0.2, 0.25) is 0 Å². The average Bonchev–Trinajstić information content (AvgIpc) is 3.07. The van der Waals surface area contributed by atoms with E-state index >= 15 is 0 Å². The zero-order chi connectivity index (χ0) is 18.3. The van der Waals surface area contributed by atoms with Crippen LogP contribution in [-0.2, 0) is 10.8 Å². The summed E-state index contributed by atoms with van der Waals surface area (Å²) in [6.07, 6.45) is 2.89. The summed E-state index contributed by atoms with van der Waals surface area (Å²) < 4.78 is 2.17. The Kier molecular flexibility index (Phi) is 3.06. The minimum absolute atomic E-state index is 0.00935. The van der Waals surface area contributed by atoms with Crippen molar-refractivity contribution < 1.29 is 4.79 Å². The van der Waals surface area contributed by atoms with Crippen molar-refractivity contribution in [1.29, 1.82) is 0 Å². The summed E-state index contributed by atoms with van der Waals surface area (Å²) >= 11 is 0.00935. The Bertz CT molecular complexity index is 1080. The summed E-state index contributed by atoms with van der Waals surface area (Å²) in [4.78, 5) is 18.7. The van der Waals surface area contributed by atoms with Crippen LogP contribution in [0.4, 0.5) is 16.1 Å². The molecule has 26 heavy (non-hydrogen) atoms. The number of pyridine rings is 1. The van der Waals surface area contributed by atoms with Gasteiger partial charge in [0.2, 0.25) is 0 Å². The van der Waals surface area contributed by atoms with Crippen molar-refractivity contribution >= 4 is 36.9 Å². The fraction of sp³-hybridized carbons (Fsp3) is 0.273. The molecule has 0 saturated heterocycles. The molecule has 4 heteroatoms. The number of nitrogens with zero attached hydrogens (tertiary/aromatic N) is 2. The third kappa shape index (κ3) is 1.79. The van der Waals surface area contributed by atoms with Gasteiger partial charge >= 0.3 is 159 Å². The number of carbonyl (C=O) groups is 1. The number of hydrogen-bond donors (Lipinski definition) is 0. The van der Waals surface area contributed by atoms with Crippen LogP contribution < -0.4 is 4.90 Å². The summed E-state index contributed by atoms with van der Waals surface area (Å²) in [5, 5.41) is 0. The Labute approximate surface area is 159 Å². The molecule has 1 aromatic carbocycles. The number of anilines is 3. The van der Waals surface area contributed by atoms with Crippen molar-refractivity contribution in [3.8, 4) is 0 Å². The number of rotatable bonds is 1. The van der Waals surface area contributed by atoms with Gasteiger partial charge in [0, 0.05) is 0 Å². The van der Waals surface area contributed by atoms with Crippen LogP contribution in [-0.4, -0.2) is 25.8 Å². The zero-order valence-corrected chi connectivity index (χ0v) is 17.0. The first-order valence-electron chi connectivity index (χ1n) is 8.86. The van der Waals surface area contributed by atoms with Gasteiger partial charge in [-0.25, -0.2) is 0 Å². The Morgan fingerprint density at radius 2 is 1.62 bits per heavy atom. The summed E-state index contributed by atoms with van der Waals surface area (Å²) in [6.45, 7) is 9.12. The fourth-order valence-corrected chi connectivity index (χ4v) is 6.92. The Balaban J connectivity index is 1.95. The number of fused-ring (bicyclic) bond motifs is 4. The van der Waals surface area contributed by atoms with E-state index in [9.17, 15) is 4.79 Å². The molecule has 0 saturated carbocycles. The van der Waals surface area contributed by atoms with Gasteiger partial charge in [-0.1, -0.05) is 0 Å². The standard InChI is InChI=1S/C22H20N2OSe/c1-21(2)14-7-5-8-15-18(14)24(19-16(21)9-6-10-23-19)20-17(22(15,3)4)11-13(12-25)26-20/h5-12H,1-4H3. The van der Waals surface area contributed by atoms with E-state index in [1.54, 1.807) is 0 Å². The van der Waals surface area contributed by atoms with E-state index in [1.807, 2.05) is 12.3 Å². The molecule has 0 bridgehead atoms.